The number of carbonyl (C=O) groups excluding carboxylic acids is 1. The molecule has 0 atom stereocenters. The van der Waals surface area contributed by atoms with Gasteiger partial charge in [0.15, 0.2) is 5.82 Å². The van der Waals surface area contributed by atoms with E-state index in [-0.39, 0.29) is 5.91 Å². The lowest BCUT2D eigenvalue weighted by Crippen LogP contribution is -2.06. The first-order valence-electron chi connectivity index (χ1n) is 4.48. The number of nitrogens with one attached hydrogen (secondary N) is 1. The van der Waals surface area contributed by atoms with Crippen molar-refractivity contribution >= 4 is 34.2 Å². The van der Waals surface area contributed by atoms with Crippen molar-refractivity contribution in [2.45, 2.75) is 6.92 Å². The SMILES string of the molecule is CC(=O)Nc1nn(C)c2cccc(Cl)c12. The van der Waals surface area contributed by atoms with Gasteiger partial charge in [0.25, 0.3) is 0 Å². The zero-order valence-corrected chi connectivity index (χ0v) is 9.17. The minimum Gasteiger partial charge on any atom is -0.309 e. The lowest BCUT2D eigenvalue weighted by molar-refractivity contribution is -0.114. The molecule has 0 saturated carbocycles. The largest absolute Gasteiger partial charge is 0.309 e. The van der Waals surface area contributed by atoms with Crippen molar-refractivity contribution < 1.29 is 4.79 Å². The molecule has 1 N–H and O–H groups in total. The van der Waals surface area contributed by atoms with Crippen LogP contribution in [0.4, 0.5) is 5.82 Å². The summed E-state index contributed by atoms with van der Waals surface area (Å²) in [5, 5.41) is 8.21. The molecule has 0 aliphatic rings. The third-order valence-corrected chi connectivity index (χ3v) is 2.44. The topological polar surface area (TPSA) is 46.9 Å². The molecule has 1 amide bonds. The normalized spacial score (nSPS) is 10.6. The molecule has 5 heteroatoms. The van der Waals surface area contributed by atoms with E-state index in [2.05, 4.69) is 10.4 Å². The predicted octanol–water partition coefficient (Wildman–Crippen LogP) is 2.19. The number of anilines is 1. The highest BCUT2D eigenvalue weighted by molar-refractivity contribution is 6.36. The van der Waals surface area contributed by atoms with Gasteiger partial charge in [0.1, 0.15) is 0 Å². The molecule has 0 bridgehead atoms. The number of halogens is 1. The monoisotopic (exact) mass is 223 g/mol. The van der Waals surface area contributed by atoms with Crippen LogP contribution in [-0.4, -0.2) is 15.7 Å². The summed E-state index contributed by atoms with van der Waals surface area (Å²) in [5.74, 6) is 0.348. The van der Waals surface area contributed by atoms with Crippen LogP contribution in [0.5, 0.6) is 0 Å². The summed E-state index contributed by atoms with van der Waals surface area (Å²) in [4.78, 5) is 11.0. The van der Waals surface area contributed by atoms with E-state index in [0.29, 0.717) is 10.8 Å². The predicted molar refractivity (Wildman–Crippen MR) is 60.0 cm³/mol. The fraction of sp³-hybridized carbons (Fsp3) is 0.200. The summed E-state index contributed by atoms with van der Waals surface area (Å²) < 4.78 is 1.69. The fourth-order valence-electron chi connectivity index (χ4n) is 1.52. The second kappa shape index (κ2) is 3.55. The molecule has 0 aliphatic carbocycles. The van der Waals surface area contributed by atoms with E-state index < -0.39 is 0 Å². The zero-order valence-electron chi connectivity index (χ0n) is 8.41. The third kappa shape index (κ3) is 1.68. The first-order chi connectivity index (χ1) is 7.09. The Kier molecular flexibility index (Phi) is 2.36. The van der Waals surface area contributed by atoms with E-state index in [1.807, 2.05) is 19.2 Å². The van der Waals surface area contributed by atoms with Gasteiger partial charge in [-0.3, -0.25) is 9.48 Å². The first kappa shape index (κ1) is 9.98. The molecule has 1 aromatic heterocycles. The zero-order chi connectivity index (χ0) is 11.0. The maximum Gasteiger partial charge on any atom is 0.222 e. The second-order valence-corrected chi connectivity index (χ2v) is 3.69. The standard InChI is InChI=1S/C10H10ClN3O/c1-6(15)12-10-9-7(11)4-3-5-8(9)14(2)13-10/h3-5H,1-2H3,(H,12,13,15). The molecule has 0 fully saturated rings. The average molecular weight is 224 g/mol. The summed E-state index contributed by atoms with van der Waals surface area (Å²) in [7, 11) is 1.81. The van der Waals surface area contributed by atoms with Crippen LogP contribution >= 0.6 is 11.6 Å². The Labute approximate surface area is 91.8 Å². The van der Waals surface area contributed by atoms with Gasteiger partial charge in [0, 0.05) is 14.0 Å². The van der Waals surface area contributed by atoms with Crippen LogP contribution in [0.3, 0.4) is 0 Å². The van der Waals surface area contributed by atoms with Crippen LogP contribution in [0.1, 0.15) is 6.92 Å². The van der Waals surface area contributed by atoms with Gasteiger partial charge in [-0.25, -0.2) is 0 Å². The smallest absolute Gasteiger partial charge is 0.222 e. The lowest BCUT2D eigenvalue weighted by atomic mass is 10.2. The van der Waals surface area contributed by atoms with Crippen molar-refractivity contribution in [1.82, 2.24) is 9.78 Å². The van der Waals surface area contributed by atoms with Crippen LogP contribution < -0.4 is 5.32 Å². The molecule has 2 rings (SSSR count). The average Bonchev–Trinajstić information content (AvgIpc) is 2.44. The quantitative estimate of drug-likeness (QED) is 0.806. The number of carbonyl (C=O) groups is 1. The number of fused-ring (bicyclic) bond motifs is 1. The van der Waals surface area contributed by atoms with E-state index in [9.17, 15) is 4.79 Å². The number of benzene rings is 1. The molecule has 1 heterocycles. The molecule has 78 valence electrons. The van der Waals surface area contributed by atoms with E-state index in [1.165, 1.54) is 6.92 Å². The minimum atomic E-state index is -0.157. The van der Waals surface area contributed by atoms with Crippen LogP contribution in [0.15, 0.2) is 18.2 Å². The molecule has 1 aromatic carbocycles. The highest BCUT2D eigenvalue weighted by Crippen LogP contribution is 2.29. The highest BCUT2D eigenvalue weighted by Gasteiger charge is 2.11. The number of amides is 1. The number of hydrogen-bond acceptors (Lipinski definition) is 2. The maximum absolute atomic E-state index is 11.0. The Bertz CT molecular complexity index is 533. The van der Waals surface area contributed by atoms with E-state index in [4.69, 9.17) is 11.6 Å². The number of nitrogens with zero attached hydrogens (tertiary/aromatic N) is 2. The number of aryl methyl sites for hydroxylation is 1. The molecule has 0 saturated heterocycles. The molecule has 0 unspecified atom stereocenters. The first-order valence-corrected chi connectivity index (χ1v) is 4.86. The van der Waals surface area contributed by atoms with Crippen molar-refractivity contribution in [3.8, 4) is 0 Å². The van der Waals surface area contributed by atoms with Gasteiger partial charge in [-0.2, -0.15) is 5.10 Å². The van der Waals surface area contributed by atoms with Gasteiger partial charge in [-0.1, -0.05) is 17.7 Å². The number of hydrogen-bond donors (Lipinski definition) is 1. The van der Waals surface area contributed by atoms with Gasteiger partial charge in [-0.15, -0.1) is 0 Å². The van der Waals surface area contributed by atoms with Crippen molar-refractivity contribution in [2.75, 3.05) is 5.32 Å². The molecular formula is C10H10ClN3O. The fourth-order valence-corrected chi connectivity index (χ4v) is 1.78. The highest BCUT2D eigenvalue weighted by atomic mass is 35.5. The molecule has 0 radical (unpaired) electrons. The van der Waals surface area contributed by atoms with Gasteiger partial charge < -0.3 is 5.32 Å². The second-order valence-electron chi connectivity index (χ2n) is 3.29. The van der Waals surface area contributed by atoms with Gasteiger partial charge in [-0.05, 0) is 12.1 Å². The Hall–Kier alpha value is -1.55. The van der Waals surface area contributed by atoms with Crippen LogP contribution in [0.2, 0.25) is 5.02 Å². The number of rotatable bonds is 1. The number of aromatic nitrogens is 2. The molecule has 0 spiro atoms. The van der Waals surface area contributed by atoms with Gasteiger partial charge in [0.05, 0.1) is 15.9 Å². The van der Waals surface area contributed by atoms with Crippen molar-refractivity contribution in [3.05, 3.63) is 23.2 Å². The Morgan fingerprint density at radius 1 is 1.53 bits per heavy atom. The molecule has 2 aromatic rings. The lowest BCUT2D eigenvalue weighted by Gasteiger charge is -1.98. The van der Waals surface area contributed by atoms with E-state index >= 15 is 0 Å². The summed E-state index contributed by atoms with van der Waals surface area (Å²) in [6.45, 7) is 1.44. The van der Waals surface area contributed by atoms with Crippen LogP contribution in [0, 0.1) is 0 Å². The summed E-state index contributed by atoms with van der Waals surface area (Å²) in [5.41, 5.74) is 0.895. The summed E-state index contributed by atoms with van der Waals surface area (Å²) in [6.07, 6.45) is 0. The Balaban J connectivity index is 2.70. The van der Waals surface area contributed by atoms with Crippen molar-refractivity contribution in [3.63, 3.8) is 0 Å². The molecule has 0 aliphatic heterocycles. The third-order valence-electron chi connectivity index (χ3n) is 2.12. The molecular weight excluding hydrogens is 214 g/mol. The molecule has 15 heavy (non-hydrogen) atoms. The summed E-state index contributed by atoms with van der Waals surface area (Å²) >= 11 is 6.05. The Morgan fingerprint density at radius 2 is 2.27 bits per heavy atom. The van der Waals surface area contributed by atoms with E-state index in [1.54, 1.807) is 10.7 Å². The van der Waals surface area contributed by atoms with Crippen LogP contribution in [-0.2, 0) is 11.8 Å². The van der Waals surface area contributed by atoms with Gasteiger partial charge >= 0.3 is 0 Å². The summed E-state index contributed by atoms with van der Waals surface area (Å²) in [6, 6.07) is 5.53. The Morgan fingerprint density at radius 3 is 2.93 bits per heavy atom. The maximum atomic E-state index is 11.0. The van der Waals surface area contributed by atoms with Crippen molar-refractivity contribution in [2.24, 2.45) is 7.05 Å². The molecule has 4 nitrogen and oxygen atoms in total. The minimum absolute atomic E-state index is 0.157. The van der Waals surface area contributed by atoms with Gasteiger partial charge in [0.2, 0.25) is 5.91 Å². The van der Waals surface area contributed by atoms with Crippen molar-refractivity contribution in [1.29, 1.82) is 0 Å². The van der Waals surface area contributed by atoms with E-state index in [0.717, 1.165) is 10.9 Å². The van der Waals surface area contributed by atoms with Crippen LogP contribution in [0.25, 0.3) is 10.9 Å².